The molecule has 4 nitrogen and oxygen atoms in total. The highest BCUT2D eigenvalue weighted by Crippen LogP contribution is 2.37. The molecule has 0 spiro atoms. The molecule has 1 unspecified atom stereocenters. The van der Waals surface area contributed by atoms with Crippen molar-refractivity contribution in [2.45, 2.75) is 26.8 Å². The van der Waals surface area contributed by atoms with Gasteiger partial charge in [0.2, 0.25) is 0 Å². The fraction of sp³-hybridized carbons (Fsp3) is 0.538. The van der Waals surface area contributed by atoms with Crippen LogP contribution in [-0.2, 0) is 0 Å². The Bertz CT molecular complexity index is 312. The van der Waals surface area contributed by atoms with E-state index in [2.05, 4.69) is 0 Å². The maximum atomic E-state index is 5.86. The van der Waals surface area contributed by atoms with Crippen LogP contribution in [0.4, 0.5) is 0 Å². The highest BCUT2D eigenvalue weighted by atomic mass is 16.5. The van der Waals surface area contributed by atoms with Gasteiger partial charge in [-0.3, -0.25) is 0 Å². The van der Waals surface area contributed by atoms with Crippen LogP contribution < -0.4 is 19.9 Å². The highest BCUT2D eigenvalue weighted by molar-refractivity contribution is 5.52. The molecule has 0 aromatic heterocycles. The molecular formula is C13H23NO3. The normalized spacial score (nSPS) is 11.0. The fourth-order valence-electron chi connectivity index (χ4n) is 1.48. The van der Waals surface area contributed by atoms with Crippen molar-refractivity contribution in [2.24, 2.45) is 5.73 Å². The van der Waals surface area contributed by atoms with Crippen LogP contribution in [0.25, 0.3) is 0 Å². The Morgan fingerprint density at radius 2 is 1.35 bits per heavy atom. The van der Waals surface area contributed by atoms with Crippen molar-refractivity contribution in [1.29, 1.82) is 0 Å². The van der Waals surface area contributed by atoms with Gasteiger partial charge in [-0.15, -0.1) is 0 Å². The van der Waals surface area contributed by atoms with Gasteiger partial charge in [0.15, 0.2) is 0 Å². The molecule has 0 aliphatic carbocycles. The molecule has 0 bridgehead atoms. The Morgan fingerprint density at radius 3 is 1.59 bits per heavy atom. The first-order chi connectivity index (χ1) is 8.13. The molecule has 0 saturated carbocycles. The number of hydrogen-bond donors (Lipinski definition) is 1. The van der Waals surface area contributed by atoms with Gasteiger partial charge in [-0.05, 0) is 6.92 Å². The van der Waals surface area contributed by atoms with Gasteiger partial charge in [-0.25, -0.2) is 0 Å². The van der Waals surface area contributed by atoms with Gasteiger partial charge in [0, 0.05) is 18.2 Å². The molecule has 0 heterocycles. The molecule has 2 N–H and O–H groups in total. The van der Waals surface area contributed by atoms with E-state index in [9.17, 15) is 0 Å². The van der Waals surface area contributed by atoms with E-state index in [1.54, 1.807) is 33.5 Å². The first-order valence-electron chi connectivity index (χ1n) is 5.69. The van der Waals surface area contributed by atoms with E-state index in [-0.39, 0.29) is 6.04 Å². The summed E-state index contributed by atoms with van der Waals surface area (Å²) in [5, 5.41) is 0. The van der Waals surface area contributed by atoms with Crippen LogP contribution in [0.2, 0.25) is 0 Å². The summed E-state index contributed by atoms with van der Waals surface area (Å²) in [5.74, 6) is 2.05. The molecule has 1 rings (SSSR count). The predicted molar refractivity (Wildman–Crippen MR) is 70.0 cm³/mol. The number of benzene rings is 1. The maximum absolute atomic E-state index is 5.86. The van der Waals surface area contributed by atoms with E-state index >= 15 is 0 Å². The monoisotopic (exact) mass is 241 g/mol. The number of ether oxygens (including phenoxy) is 3. The SMILES string of the molecule is CC.COc1cc(OC)c(C(C)N)c(OC)c1. The predicted octanol–water partition coefficient (Wildman–Crippen LogP) is 2.76. The summed E-state index contributed by atoms with van der Waals surface area (Å²) in [6.45, 7) is 5.88. The lowest BCUT2D eigenvalue weighted by Gasteiger charge is -2.17. The zero-order chi connectivity index (χ0) is 13.4. The van der Waals surface area contributed by atoms with Crippen LogP contribution in [0.3, 0.4) is 0 Å². The molecular weight excluding hydrogens is 218 g/mol. The van der Waals surface area contributed by atoms with Crippen LogP contribution in [-0.4, -0.2) is 21.3 Å². The quantitative estimate of drug-likeness (QED) is 0.880. The molecule has 4 heteroatoms. The molecule has 0 aliphatic heterocycles. The summed E-state index contributed by atoms with van der Waals surface area (Å²) in [6, 6.07) is 3.43. The molecule has 0 saturated heterocycles. The molecule has 98 valence electrons. The van der Waals surface area contributed by atoms with Crippen molar-refractivity contribution >= 4 is 0 Å². The van der Waals surface area contributed by atoms with Crippen LogP contribution in [0.5, 0.6) is 17.2 Å². The molecule has 0 fully saturated rings. The maximum Gasteiger partial charge on any atom is 0.131 e. The number of methoxy groups -OCH3 is 3. The van der Waals surface area contributed by atoms with Gasteiger partial charge < -0.3 is 19.9 Å². The zero-order valence-electron chi connectivity index (χ0n) is 11.5. The van der Waals surface area contributed by atoms with Gasteiger partial charge in [0.25, 0.3) is 0 Å². The van der Waals surface area contributed by atoms with Crippen LogP contribution in [0.15, 0.2) is 12.1 Å². The van der Waals surface area contributed by atoms with Crippen molar-refractivity contribution in [1.82, 2.24) is 0 Å². The third kappa shape index (κ3) is 3.82. The van der Waals surface area contributed by atoms with Gasteiger partial charge in [0.05, 0.1) is 26.9 Å². The number of nitrogens with two attached hydrogens (primary N) is 1. The van der Waals surface area contributed by atoms with E-state index in [1.807, 2.05) is 20.8 Å². The topological polar surface area (TPSA) is 53.7 Å². The van der Waals surface area contributed by atoms with Crippen LogP contribution in [0.1, 0.15) is 32.4 Å². The average Bonchev–Trinajstić information content (AvgIpc) is 2.38. The molecule has 1 aromatic rings. The Hall–Kier alpha value is -1.42. The summed E-state index contributed by atoms with van der Waals surface area (Å²) in [4.78, 5) is 0. The smallest absolute Gasteiger partial charge is 0.131 e. The van der Waals surface area contributed by atoms with Gasteiger partial charge in [-0.1, -0.05) is 13.8 Å². The van der Waals surface area contributed by atoms with Gasteiger partial charge in [0.1, 0.15) is 17.2 Å². The zero-order valence-corrected chi connectivity index (χ0v) is 11.5. The van der Waals surface area contributed by atoms with E-state index in [0.717, 1.165) is 5.56 Å². The number of rotatable bonds is 4. The first-order valence-corrected chi connectivity index (χ1v) is 5.69. The molecule has 0 amide bonds. The van der Waals surface area contributed by atoms with Crippen molar-refractivity contribution in [3.8, 4) is 17.2 Å². The standard InChI is InChI=1S/C11H17NO3.C2H6/c1-7(12)11-9(14-3)5-8(13-2)6-10(11)15-4;1-2/h5-7H,12H2,1-4H3;1-2H3. The van der Waals surface area contributed by atoms with Crippen molar-refractivity contribution in [3.63, 3.8) is 0 Å². The van der Waals surface area contributed by atoms with Crippen molar-refractivity contribution < 1.29 is 14.2 Å². The summed E-state index contributed by atoms with van der Waals surface area (Å²) >= 11 is 0. The minimum absolute atomic E-state index is 0.152. The Labute approximate surface area is 104 Å². The summed E-state index contributed by atoms with van der Waals surface area (Å²) in [7, 11) is 4.79. The minimum atomic E-state index is -0.152. The Balaban J connectivity index is 0.00000121. The minimum Gasteiger partial charge on any atom is -0.496 e. The summed E-state index contributed by atoms with van der Waals surface area (Å²) in [6.07, 6.45) is 0. The lowest BCUT2D eigenvalue weighted by molar-refractivity contribution is 0.365. The van der Waals surface area contributed by atoms with Crippen LogP contribution >= 0.6 is 0 Å². The molecule has 1 aromatic carbocycles. The van der Waals surface area contributed by atoms with E-state index in [1.165, 1.54) is 0 Å². The van der Waals surface area contributed by atoms with Gasteiger partial charge >= 0.3 is 0 Å². The van der Waals surface area contributed by atoms with Crippen molar-refractivity contribution in [3.05, 3.63) is 17.7 Å². The van der Waals surface area contributed by atoms with Gasteiger partial charge in [-0.2, -0.15) is 0 Å². The third-order valence-electron chi connectivity index (χ3n) is 2.21. The second kappa shape index (κ2) is 7.79. The van der Waals surface area contributed by atoms with E-state index < -0.39 is 0 Å². The molecule has 1 atom stereocenters. The van der Waals surface area contributed by atoms with Crippen molar-refractivity contribution in [2.75, 3.05) is 21.3 Å². The lowest BCUT2D eigenvalue weighted by Crippen LogP contribution is -2.09. The first kappa shape index (κ1) is 15.6. The Kier molecular flexibility index (Phi) is 7.14. The van der Waals surface area contributed by atoms with Crippen LogP contribution in [0, 0.1) is 0 Å². The fourth-order valence-corrected chi connectivity index (χ4v) is 1.48. The van der Waals surface area contributed by atoms with E-state index in [4.69, 9.17) is 19.9 Å². The second-order valence-corrected chi connectivity index (χ2v) is 3.23. The van der Waals surface area contributed by atoms with E-state index in [0.29, 0.717) is 17.2 Å². The summed E-state index contributed by atoms with van der Waals surface area (Å²) < 4.78 is 15.6. The molecule has 0 radical (unpaired) electrons. The Morgan fingerprint density at radius 1 is 0.941 bits per heavy atom. The summed E-state index contributed by atoms with van der Waals surface area (Å²) in [5.41, 5.74) is 6.71. The molecule has 0 aliphatic rings. The largest absolute Gasteiger partial charge is 0.496 e. The average molecular weight is 241 g/mol. The number of hydrogen-bond acceptors (Lipinski definition) is 4. The molecule has 17 heavy (non-hydrogen) atoms. The highest BCUT2D eigenvalue weighted by Gasteiger charge is 2.16. The third-order valence-corrected chi connectivity index (χ3v) is 2.21. The lowest BCUT2D eigenvalue weighted by atomic mass is 10.1. The second-order valence-electron chi connectivity index (χ2n) is 3.23.